The van der Waals surface area contributed by atoms with E-state index in [9.17, 15) is 0 Å². The summed E-state index contributed by atoms with van der Waals surface area (Å²) < 4.78 is 6.69. The molecule has 3 aliphatic rings. The van der Waals surface area contributed by atoms with Crippen molar-refractivity contribution in [2.24, 2.45) is 0 Å². The van der Waals surface area contributed by atoms with Crippen LogP contribution in [0.15, 0.2) is 42.2 Å². The first-order chi connectivity index (χ1) is 11.4. The van der Waals surface area contributed by atoms with Crippen molar-refractivity contribution in [2.45, 2.75) is 81.8 Å². The van der Waals surface area contributed by atoms with Crippen LogP contribution in [0, 0.1) is 0 Å². The summed E-state index contributed by atoms with van der Waals surface area (Å²) in [6, 6.07) is 11.0. The van der Waals surface area contributed by atoms with E-state index >= 15 is 0 Å². The average Bonchev–Trinajstić information content (AvgIpc) is 2.81. The average molecular weight is 308 g/mol. The second-order valence-electron chi connectivity index (χ2n) is 7.86. The molecule has 2 fully saturated rings. The van der Waals surface area contributed by atoms with Crippen LogP contribution in [0.5, 0.6) is 0 Å². The van der Waals surface area contributed by atoms with E-state index in [1.165, 1.54) is 69.1 Å². The highest BCUT2D eigenvalue weighted by atomic mass is 16.4. The minimum absolute atomic E-state index is 0.526. The fourth-order valence-electron chi connectivity index (χ4n) is 5.10. The van der Waals surface area contributed by atoms with Crippen molar-refractivity contribution in [1.29, 1.82) is 0 Å². The first-order valence-electron chi connectivity index (χ1n) is 9.82. The molecule has 1 aliphatic carbocycles. The molecule has 122 valence electrons. The largest absolute Gasteiger partial charge is 0.563 e. The molecule has 0 N–H and O–H groups in total. The van der Waals surface area contributed by atoms with Crippen LogP contribution < -0.4 is 0 Å². The van der Waals surface area contributed by atoms with Crippen LogP contribution in [-0.2, 0) is 4.65 Å². The van der Waals surface area contributed by atoms with Crippen LogP contribution >= 0.6 is 0 Å². The summed E-state index contributed by atoms with van der Waals surface area (Å²) >= 11 is 0. The van der Waals surface area contributed by atoms with Crippen molar-refractivity contribution in [3.05, 3.63) is 47.7 Å². The van der Waals surface area contributed by atoms with Gasteiger partial charge in [0.1, 0.15) is 0 Å². The van der Waals surface area contributed by atoms with Crippen molar-refractivity contribution in [3.63, 3.8) is 0 Å². The van der Waals surface area contributed by atoms with E-state index in [2.05, 4.69) is 36.4 Å². The van der Waals surface area contributed by atoms with Crippen LogP contribution in [0.25, 0.3) is 0 Å². The lowest BCUT2D eigenvalue weighted by Crippen LogP contribution is -2.37. The third-order valence-electron chi connectivity index (χ3n) is 6.32. The Kier molecular flexibility index (Phi) is 4.78. The van der Waals surface area contributed by atoms with Crippen LogP contribution in [-0.4, -0.2) is 6.92 Å². The van der Waals surface area contributed by atoms with E-state index in [1.54, 1.807) is 0 Å². The minimum Gasteiger partial charge on any atom is -0.563 e. The highest BCUT2D eigenvalue weighted by Crippen LogP contribution is 2.47. The highest BCUT2D eigenvalue weighted by molar-refractivity contribution is 6.56. The highest BCUT2D eigenvalue weighted by Gasteiger charge is 2.43. The van der Waals surface area contributed by atoms with E-state index in [-0.39, 0.29) is 0 Å². The Balaban J connectivity index is 1.51. The van der Waals surface area contributed by atoms with Gasteiger partial charge < -0.3 is 4.65 Å². The molecule has 1 aromatic rings. The number of hydrogen-bond acceptors (Lipinski definition) is 1. The van der Waals surface area contributed by atoms with Gasteiger partial charge in [-0.25, -0.2) is 0 Å². The fourth-order valence-corrected chi connectivity index (χ4v) is 5.10. The zero-order valence-electron chi connectivity index (χ0n) is 14.3. The lowest BCUT2D eigenvalue weighted by atomic mass is 9.38. The Hall–Kier alpha value is -1.18. The maximum atomic E-state index is 6.69. The number of fused-ring (bicyclic) bond motifs is 2. The summed E-state index contributed by atoms with van der Waals surface area (Å²) in [7, 11) is 0. The lowest BCUT2D eigenvalue weighted by molar-refractivity contribution is 0.322. The number of hydrogen-bond donors (Lipinski definition) is 0. The maximum Gasteiger partial charge on any atom is 0.363 e. The molecule has 4 rings (SSSR count). The van der Waals surface area contributed by atoms with E-state index < -0.39 is 0 Å². The smallest absolute Gasteiger partial charge is 0.363 e. The predicted molar refractivity (Wildman–Crippen MR) is 97.8 cm³/mol. The van der Waals surface area contributed by atoms with Gasteiger partial charge in [-0.3, -0.25) is 0 Å². The summed E-state index contributed by atoms with van der Waals surface area (Å²) in [6.45, 7) is 0.526. The molecule has 0 amide bonds. The van der Waals surface area contributed by atoms with Gasteiger partial charge in [0.15, 0.2) is 0 Å². The van der Waals surface area contributed by atoms with Crippen LogP contribution in [0.2, 0.25) is 11.6 Å². The quantitative estimate of drug-likeness (QED) is 0.592. The van der Waals surface area contributed by atoms with Crippen molar-refractivity contribution >= 4 is 6.92 Å². The zero-order valence-corrected chi connectivity index (χ0v) is 14.3. The summed E-state index contributed by atoms with van der Waals surface area (Å²) in [5, 5.41) is 0. The molecule has 2 aliphatic heterocycles. The monoisotopic (exact) mass is 308 g/mol. The molecule has 1 aromatic carbocycles. The maximum absolute atomic E-state index is 6.69. The molecular weight excluding hydrogens is 279 g/mol. The molecule has 2 bridgehead atoms. The molecule has 2 saturated heterocycles. The fraction of sp³-hybridized carbons (Fsp3) is 0.619. The molecule has 0 aromatic heterocycles. The van der Waals surface area contributed by atoms with Gasteiger partial charge >= 0.3 is 6.92 Å². The van der Waals surface area contributed by atoms with Crippen molar-refractivity contribution in [1.82, 2.24) is 0 Å². The molecule has 0 saturated carbocycles. The van der Waals surface area contributed by atoms with Gasteiger partial charge in [-0.2, -0.15) is 0 Å². The van der Waals surface area contributed by atoms with Crippen molar-refractivity contribution in [2.75, 3.05) is 0 Å². The Labute approximate surface area is 141 Å². The van der Waals surface area contributed by atoms with E-state index in [0.29, 0.717) is 12.8 Å². The molecule has 23 heavy (non-hydrogen) atoms. The topological polar surface area (TPSA) is 9.23 Å². The van der Waals surface area contributed by atoms with Gasteiger partial charge in [-0.1, -0.05) is 75.3 Å². The molecule has 0 radical (unpaired) electrons. The second-order valence-corrected chi connectivity index (χ2v) is 7.86. The van der Waals surface area contributed by atoms with E-state index in [1.807, 2.05) is 0 Å². The zero-order chi connectivity index (χ0) is 15.5. The normalized spacial score (nSPS) is 31.2. The Morgan fingerprint density at radius 1 is 0.783 bits per heavy atom. The van der Waals surface area contributed by atoms with Crippen LogP contribution in [0.1, 0.15) is 75.7 Å². The van der Waals surface area contributed by atoms with Gasteiger partial charge in [0.25, 0.3) is 0 Å². The molecule has 1 nitrogen and oxygen atoms in total. The third-order valence-corrected chi connectivity index (χ3v) is 6.32. The van der Waals surface area contributed by atoms with E-state index in [4.69, 9.17) is 4.65 Å². The second kappa shape index (κ2) is 7.15. The molecular formula is C21H29BO. The standard InChI is InChI=1S/C21H29BO/c1-2-8-17(9-3-1)18-10-4-5-15-21(16-18)23-22-19-11-6-12-20(22)14-7-13-19/h1-3,8-9,16,18-20H,4-7,10-15H2/t18-,19?,20?/m0/s1. The Morgan fingerprint density at radius 3 is 2.17 bits per heavy atom. The molecule has 0 spiro atoms. The van der Waals surface area contributed by atoms with Crippen LogP contribution in [0.3, 0.4) is 0 Å². The summed E-state index contributed by atoms with van der Waals surface area (Å²) in [6.07, 6.45) is 16.0. The van der Waals surface area contributed by atoms with Gasteiger partial charge in [0, 0.05) is 12.3 Å². The summed E-state index contributed by atoms with van der Waals surface area (Å²) in [5.74, 6) is 3.53. The van der Waals surface area contributed by atoms with Gasteiger partial charge in [-0.05, 0) is 36.1 Å². The van der Waals surface area contributed by atoms with Crippen molar-refractivity contribution in [3.8, 4) is 0 Å². The van der Waals surface area contributed by atoms with Gasteiger partial charge in [0.2, 0.25) is 0 Å². The first-order valence-corrected chi connectivity index (χ1v) is 9.82. The van der Waals surface area contributed by atoms with Gasteiger partial charge in [0.05, 0.1) is 5.76 Å². The molecule has 0 unspecified atom stereocenters. The van der Waals surface area contributed by atoms with Crippen LogP contribution in [0.4, 0.5) is 0 Å². The first kappa shape index (κ1) is 15.4. The lowest BCUT2D eigenvalue weighted by Gasteiger charge is -2.39. The summed E-state index contributed by atoms with van der Waals surface area (Å²) in [4.78, 5) is 0. The number of benzene rings is 1. The molecule has 1 atom stereocenters. The summed E-state index contributed by atoms with van der Waals surface area (Å²) in [5.41, 5.74) is 1.46. The number of allylic oxidation sites excluding steroid dienone is 2. The Bertz CT molecular complexity index is 516. The predicted octanol–water partition coefficient (Wildman–Crippen LogP) is 6.34. The molecule has 2 heteroatoms. The van der Waals surface area contributed by atoms with E-state index in [0.717, 1.165) is 18.1 Å². The Morgan fingerprint density at radius 2 is 1.48 bits per heavy atom. The number of rotatable bonds is 3. The molecule has 2 heterocycles. The third kappa shape index (κ3) is 3.51. The SMILES string of the molecule is C1=C(OB2C3CCCC2CCC3)CCCC[C@@H]1c1ccccc1. The van der Waals surface area contributed by atoms with Crippen molar-refractivity contribution < 1.29 is 4.65 Å². The van der Waals surface area contributed by atoms with Gasteiger partial charge in [-0.15, -0.1) is 0 Å². The minimum atomic E-state index is 0.526.